The third kappa shape index (κ3) is 3.92. The van der Waals surface area contributed by atoms with Gasteiger partial charge in [-0.25, -0.2) is 22.2 Å². The van der Waals surface area contributed by atoms with Gasteiger partial charge in [0, 0.05) is 30.3 Å². The number of rotatable bonds is 7. The number of carboxylic acids is 1. The van der Waals surface area contributed by atoms with Gasteiger partial charge in [-0.3, -0.25) is 0 Å². The molecule has 0 saturated heterocycles. The average Bonchev–Trinajstić information content (AvgIpc) is 3.41. The van der Waals surface area contributed by atoms with Crippen LogP contribution >= 0.6 is 0 Å². The second-order valence-corrected chi connectivity index (χ2v) is 10.6. The molecule has 2 aromatic heterocycles. The van der Waals surface area contributed by atoms with Gasteiger partial charge in [0.1, 0.15) is 5.82 Å². The number of nitrogens with zero attached hydrogens (tertiary/aromatic N) is 3. The van der Waals surface area contributed by atoms with Crippen LogP contribution in [0.15, 0.2) is 53.9 Å². The number of allylic oxidation sites excluding steroid dienone is 1. The zero-order valence-corrected chi connectivity index (χ0v) is 19.2. The summed E-state index contributed by atoms with van der Waals surface area (Å²) in [4.78, 5) is 16.1. The van der Waals surface area contributed by atoms with E-state index in [0.29, 0.717) is 18.0 Å². The van der Waals surface area contributed by atoms with E-state index in [-0.39, 0.29) is 15.9 Å². The van der Waals surface area contributed by atoms with Crippen molar-refractivity contribution in [1.82, 2.24) is 13.5 Å². The highest BCUT2D eigenvalue weighted by Gasteiger charge is 2.28. The molecule has 1 aliphatic rings. The second-order valence-electron chi connectivity index (χ2n) is 8.72. The number of carboxylic acid groups (broad SMARTS) is 1. The van der Waals surface area contributed by atoms with Gasteiger partial charge in [-0.15, -0.1) is 0 Å². The van der Waals surface area contributed by atoms with E-state index in [9.17, 15) is 13.2 Å². The molecular weight excluding hydrogens is 430 g/mol. The molecule has 0 fully saturated rings. The Morgan fingerprint density at radius 3 is 2.72 bits per heavy atom. The number of benzene rings is 1. The number of hydrogen-bond donors (Lipinski definition) is 1. The minimum absolute atomic E-state index is 0.0639. The summed E-state index contributed by atoms with van der Waals surface area (Å²) < 4.78 is 34.6. The molecule has 1 aromatic carbocycles. The highest BCUT2D eigenvalue weighted by atomic mass is 32.2. The molecule has 0 aliphatic carbocycles. The first-order chi connectivity index (χ1) is 15.1. The minimum Gasteiger partial charge on any atom is -0.501 e. The van der Waals surface area contributed by atoms with Crippen LogP contribution in [0, 0.1) is 5.92 Å². The van der Waals surface area contributed by atoms with Crippen LogP contribution in [0.2, 0.25) is 0 Å². The largest absolute Gasteiger partial charge is 0.501 e. The fourth-order valence-electron chi connectivity index (χ4n) is 3.84. The van der Waals surface area contributed by atoms with Crippen molar-refractivity contribution >= 4 is 27.0 Å². The molecule has 1 aliphatic heterocycles. The number of aromatic carboxylic acids is 1. The summed E-state index contributed by atoms with van der Waals surface area (Å²) in [6, 6.07) is 6.17. The van der Waals surface area contributed by atoms with E-state index < -0.39 is 16.0 Å². The van der Waals surface area contributed by atoms with Crippen molar-refractivity contribution < 1.29 is 23.1 Å². The molecule has 8 nitrogen and oxygen atoms in total. The highest BCUT2D eigenvalue weighted by Crippen LogP contribution is 2.32. The van der Waals surface area contributed by atoms with Gasteiger partial charge in [-0.2, -0.15) is 0 Å². The Bertz CT molecular complexity index is 1300. The topological polar surface area (TPSA) is 103 Å². The molecule has 32 heavy (non-hydrogen) atoms. The molecule has 9 heteroatoms. The van der Waals surface area contributed by atoms with Crippen LogP contribution < -0.4 is 0 Å². The van der Waals surface area contributed by atoms with Gasteiger partial charge >= 0.3 is 5.97 Å². The molecule has 1 atom stereocenters. The van der Waals surface area contributed by atoms with Gasteiger partial charge in [-0.05, 0) is 43.2 Å². The lowest BCUT2D eigenvalue weighted by atomic mass is 9.89. The fraction of sp³-hybridized carbons (Fsp3) is 0.391. The van der Waals surface area contributed by atoms with Crippen molar-refractivity contribution in [2.75, 3.05) is 6.61 Å². The molecule has 0 amide bonds. The lowest BCUT2D eigenvalue weighted by Crippen LogP contribution is -2.24. The second kappa shape index (κ2) is 8.12. The summed E-state index contributed by atoms with van der Waals surface area (Å²) in [5, 5.41) is 9.11. The van der Waals surface area contributed by atoms with Crippen LogP contribution in [0.1, 0.15) is 49.8 Å². The Hall–Kier alpha value is -3.07. The van der Waals surface area contributed by atoms with E-state index in [1.165, 1.54) is 12.3 Å². The van der Waals surface area contributed by atoms with E-state index in [4.69, 9.17) is 14.8 Å². The maximum Gasteiger partial charge on any atom is 0.337 e. The molecule has 3 heterocycles. The van der Waals surface area contributed by atoms with Gasteiger partial charge in [0.15, 0.2) is 0 Å². The van der Waals surface area contributed by atoms with E-state index >= 15 is 0 Å². The number of fused-ring (bicyclic) bond motifs is 1. The smallest absolute Gasteiger partial charge is 0.337 e. The molecular formula is C23H27N3O5S. The van der Waals surface area contributed by atoms with Gasteiger partial charge in [0.25, 0.3) is 10.0 Å². The number of carbonyl (C=O) groups is 1. The normalized spacial score (nSPS) is 16.9. The molecule has 0 bridgehead atoms. The monoisotopic (exact) mass is 457 g/mol. The molecule has 1 unspecified atom stereocenters. The average molecular weight is 458 g/mol. The van der Waals surface area contributed by atoms with Crippen molar-refractivity contribution in [3.05, 3.63) is 60.4 Å². The predicted molar refractivity (Wildman–Crippen MR) is 120 cm³/mol. The molecule has 170 valence electrons. The van der Waals surface area contributed by atoms with E-state index in [1.807, 2.05) is 0 Å². The first-order valence-electron chi connectivity index (χ1n) is 10.6. The highest BCUT2D eigenvalue weighted by molar-refractivity contribution is 7.90. The van der Waals surface area contributed by atoms with Crippen molar-refractivity contribution in [3.63, 3.8) is 0 Å². The summed E-state index contributed by atoms with van der Waals surface area (Å²) in [5.41, 5.74) is 1.20. The maximum absolute atomic E-state index is 13.1. The quantitative estimate of drug-likeness (QED) is 0.575. The summed E-state index contributed by atoms with van der Waals surface area (Å²) in [6.07, 6.45) is 7.93. The predicted octanol–water partition coefficient (Wildman–Crippen LogP) is 4.01. The molecule has 0 saturated carbocycles. The van der Waals surface area contributed by atoms with Crippen molar-refractivity contribution in [2.24, 2.45) is 5.92 Å². The summed E-state index contributed by atoms with van der Waals surface area (Å²) in [7, 11) is -3.94. The molecule has 0 radical (unpaired) electrons. The third-order valence-corrected chi connectivity index (χ3v) is 7.80. The summed E-state index contributed by atoms with van der Waals surface area (Å²) in [6.45, 7) is 7.80. The molecule has 1 N–H and O–H groups in total. The van der Waals surface area contributed by atoms with Crippen LogP contribution in [0.5, 0.6) is 0 Å². The Morgan fingerprint density at radius 1 is 1.31 bits per heavy atom. The maximum atomic E-state index is 13.1. The lowest BCUT2D eigenvalue weighted by Gasteiger charge is -2.26. The van der Waals surface area contributed by atoms with Crippen molar-refractivity contribution in [1.29, 1.82) is 0 Å². The van der Waals surface area contributed by atoms with Crippen LogP contribution in [0.25, 0.3) is 11.0 Å². The van der Waals surface area contributed by atoms with Crippen LogP contribution in [0.4, 0.5) is 0 Å². The van der Waals surface area contributed by atoms with E-state index in [2.05, 4.69) is 31.4 Å². The fourth-order valence-corrected chi connectivity index (χ4v) is 5.06. The third-order valence-electron chi connectivity index (χ3n) is 6.17. The SMILES string of the molecule is CCC(C)(C)c1nc2cc(S(=O)(=O)n3ccc(C(=O)O)c3)ccc2n1CC1C=COCC1. The zero-order valence-electron chi connectivity index (χ0n) is 18.4. The zero-order chi connectivity index (χ0) is 23.1. The van der Waals surface area contributed by atoms with Crippen molar-refractivity contribution in [3.8, 4) is 0 Å². The first-order valence-corrected chi connectivity index (χ1v) is 12.0. The number of imidazole rings is 1. The van der Waals surface area contributed by atoms with Gasteiger partial charge in [0.2, 0.25) is 0 Å². The van der Waals surface area contributed by atoms with Gasteiger partial charge in [-0.1, -0.05) is 20.8 Å². The number of ether oxygens (including phenoxy) is 1. The number of hydrogen-bond acceptors (Lipinski definition) is 5. The molecule has 0 spiro atoms. The Balaban J connectivity index is 1.80. The van der Waals surface area contributed by atoms with E-state index in [1.54, 1.807) is 24.5 Å². The van der Waals surface area contributed by atoms with Crippen molar-refractivity contribution in [2.45, 2.75) is 50.5 Å². The van der Waals surface area contributed by atoms with Gasteiger partial charge in [0.05, 0.1) is 34.4 Å². The standard InChI is InChI=1S/C23H27N3O5S/c1-4-23(2,3)22-24-19-13-18(32(29,30)25-10-7-17(15-25)21(27)28)5-6-20(19)26(22)14-16-8-11-31-12-9-16/h5-8,10-11,13,15-16H,4,9,12,14H2,1-3H3,(H,27,28). The van der Waals surface area contributed by atoms with E-state index in [0.717, 1.165) is 40.9 Å². The van der Waals surface area contributed by atoms with Crippen LogP contribution in [-0.4, -0.2) is 39.6 Å². The first kappa shape index (κ1) is 22.1. The van der Waals surface area contributed by atoms with Crippen LogP contribution in [-0.2, 0) is 26.7 Å². The Kier molecular flexibility index (Phi) is 5.62. The number of aromatic nitrogens is 3. The van der Waals surface area contributed by atoms with Gasteiger partial charge < -0.3 is 14.4 Å². The summed E-state index contributed by atoms with van der Waals surface area (Å²) >= 11 is 0. The lowest BCUT2D eigenvalue weighted by molar-refractivity contribution is 0.0697. The Morgan fingerprint density at radius 2 is 2.09 bits per heavy atom. The van der Waals surface area contributed by atoms with Crippen LogP contribution in [0.3, 0.4) is 0 Å². The molecule has 3 aromatic rings. The Labute approximate surface area is 187 Å². The molecule has 4 rings (SSSR count). The minimum atomic E-state index is -3.94. The summed E-state index contributed by atoms with van der Waals surface area (Å²) in [5.74, 6) is 0.0468.